The zero-order chi connectivity index (χ0) is 16.6. The van der Waals surface area contributed by atoms with Crippen molar-refractivity contribution in [3.63, 3.8) is 0 Å². The normalized spacial score (nSPS) is 26.0. The zero-order valence-electron chi connectivity index (χ0n) is 14.8. The van der Waals surface area contributed by atoms with Crippen LogP contribution in [0.15, 0.2) is 27.8 Å². The Morgan fingerprint density at radius 3 is 3.00 bits per heavy atom. The molecule has 2 N–H and O–H groups in total. The van der Waals surface area contributed by atoms with Crippen LogP contribution in [0.2, 0.25) is 0 Å². The summed E-state index contributed by atoms with van der Waals surface area (Å²) in [5.41, 5.74) is 0. The van der Waals surface area contributed by atoms with E-state index in [0.29, 0.717) is 6.04 Å². The molecule has 134 valence electrons. The number of hydrogen-bond donors (Lipinski definition) is 2. The van der Waals surface area contributed by atoms with Crippen LogP contribution in [0.4, 0.5) is 0 Å². The monoisotopic (exact) mass is 333 g/mol. The number of rotatable bonds is 9. The van der Waals surface area contributed by atoms with Crippen molar-refractivity contribution < 1.29 is 9.15 Å². The summed E-state index contributed by atoms with van der Waals surface area (Å²) >= 11 is 0. The maximum atomic E-state index is 5.40. The molecule has 0 amide bonds. The third kappa shape index (κ3) is 5.00. The van der Waals surface area contributed by atoms with Crippen LogP contribution >= 0.6 is 0 Å². The molecular weight excluding hydrogens is 302 g/mol. The second-order valence-electron chi connectivity index (χ2n) is 7.11. The molecule has 0 radical (unpaired) electrons. The number of fused-ring (bicyclic) bond motifs is 2. The molecule has 2 saturated carbocycles. The first-order valence-electron chi connectivity index (χ1n) is 9.41. The quantitative estimate of drug-likeness (QED) is 0.414. The van der Waals surface area contributed by atoms with Gasteiger partial charge >= 0.3 is 0 Å². The third-order valence-electron chi connectivity index (χ3n) is 5.33. The Kier molecular flexibility index (Phi) is 6.58. The van der Waals surface area contributed by atoms with Gasteiger partial charge in [0.05, 0.1) is 6.26 Å². The van der Waals surface area contributed by atoms with Gasteiger partial charge in [-0.3, -0.25) is 4.99 Å². The van der Waals surface area contributed by atoms with Crippen molar-refractivity contribution >= 4 is 5.96 Å². The number of ether oxygens (including phenoxy) is 1. The van der Waals surface area contributed by atoms with Crippen molar-refractivity contribution in [1.82, 2.24) is 10.6 Å². The van der Waals surface area contributed by atoms with Crippen LogP contribution in [0.3, 0.4) is 0 Å². The highest BCUT2D eigenvalue weighted by Crippen LogP contribution is 2.44. The molecule has 2 aliphatic rings. The SMILES string of the molecule is COCCCCN=C(NCCc1ccco1)NC1CC2CCC1C2. The maximum Gasteiger partial charge on any atom is 0.191 e. The molecule has 24 heavy (non-hydrogen) atoms. The highest BCUT2D eigenvalue weighted by molar-refractivity contribution is 5.80. The molecule has 2 bridgehead atoms. The average molecular weight is 333 g/mol. The van der Waals surface area contributed by atoms with Crippen molar-refractivity contribution in [3.8, 4) is 0 Å². The molecule has 0 spiro atoms. The smallest absolute Gasteiger partial charge is 0.191 e. The van der Waals surface area contributed by atoms with Gasteiger partial charge in [-0.25, -0.2) is 0 Å². The van der Waals surface area contributed by atoms with Gasteiger partial charge in [0.15, 0.2) is 5.96 Å². The van der Waals surface area contributed by atoms with Gasteiger partial charge in [0.2, 0.25) is 0 Å². The molecule has 0 aromatic carbocycles. The molecule has 3 rings (SSSR count). The standard InChI is InChI=1S/C19H31N3O2/c1-23-11-3-2-9-20-19(21-10-8-17-5-4-12-24-17)22-18-14-15-6-7-16(18)13-15/h4-5,12,15-16,18H,2-3,6-11,13-14H2,1H3,(H2,20,21,22). The predicted molar refractivity (Wildman–Crippen MR) is 96.2 cm³/mol. The molecule has 2 aliphatic carbocycles. The fourth-order valence-electron chi connectivity index (χ4n) is 4.06. The van der Waals surface area contributed by atoms with Crippen LogP contribution in [0, 0.1) is 11.8 Å². The second-order valence-corrected chi connectivity index (χ2v) is 7.11. The molecule has 1 aromatic rings. The number of methoxy groups -OCH3 is 1. The molecule has 2 fully saturated rings. The molecule has 0 aliphatic heterocycles. The van der Waals surface area contributed by atoms with E-state index in [4.69, 9.17) is 14.1 Å². The molecule has 1 heterocycles. The third-order valence-corrected chi connectivity index (χ3v) is 5.33. The van der Waals surface area contributed by atoms with Crippen LogP contribution in [0.1, 0.15) is 44.3 Å². The molecule has 5 nitrogen and oxygen atoms in total. The Morgan fingerprint density at radius 1 is 1.33 bits per heavy atom. The number of aliphatic imine (C=N–C) groups is 1. The van der Waals surface area contributed by atoms with Crippen LogP contribution in [-0.4, -0.2) is 38.8 Å². The van der Waals surface area contributed by atoms with E-state index in [1.165, 1.54) is 25.7 Å². The van der Waals surface area contributed by atoms with Crippen molar-refractivity contribution in [1.29, 1.82) is 0 Å². The highest BCUT2D eigenvalue weighted by atomic mass is 16.5. The van der Waals surface area contributed by atoms with E-state index in [1.54, 1.807) is 13.4 Å². The first kappa shape index (κ1) is 17.3. The van der Waals surface area contributed by atoms with Crippen molar-refractivity contribution in [3.05, 3.63) is 24.2 Å². The molecule has 5 heteroatoms. The summed E-state index contributed by atoms with van der Waals surface area (Å²) in [5, 5.41) is 7.18. The number of nitrogens with zero attached hydrogens (tertiary/aromatic N) is 1. The summed E-state index contributed by atoms with van der Waals surface area (Å²) in [4.78, 5) is 4.77. The van der Waals surface area contributed by atoms with Crippen LogP contribution in [0.5, 0.6) is 0 Å². The summed E-state index contributed by atoms with van der Waals surface area (Å²) in [5.74, 6) is 3.78. The van der Waals surface area contributed by atoms with E-state index in [0.717, 1.165) is 62.5 Å². The van der Waals surface area contributed by atoms with Crippen molar-refractivity contribution in [2.75, 3.05) is 26.8 Å². The summed E-state index contributed by atoms with van der Waals surface area (Å²) in [6.45, 7) is 2.51. The minimum Gasteiger partial charge on any atom is -0.469 e. The van der Waals surface area contributed by atoms with Crippen LogP contribution < -0.4 is 10.6 Å². The molecular formula is C19H31N3O2. The van der Waals surface area contributed by atoms with E-state index >= 15 is 0 Å². The van der Waals surface area contributed by atoms with E-state index in [1.807, 2.05) is 12.1 Å². The molecule has 3 unspecified atom stereocenters. The minimum atomic E-state index is 0.609. The van der Waals surface area contributed by atoms with Gasteiger partial charge in [0, 0.05) is 39.3 Å². The zero-order valence-corrected chi connectivity index (χ0v) is 14.8. The number of nitrogens with one attached hydrogen (secondary N) is 2. The lowest BCUT2D eigenvalue weighted by atomic mass is 9.95. The average Bonchev–Trinajstić information content (AvgIpc) is 3.32. The molecule has 0 saturated heterocycles. The lowest BCUT2D eigenvalue weighted by Crippen LogP contribution is -2.46. The van der Waals surface area contributed by atoms with Crippen molar-refractivity contribution in [2.45, 2.75) is 51.0 Å². The highest BCUT2D eigenvalue weighted by Gasteiger charge is 2.39. The van der Waals surface area contributed by atoms with Gasteiger partial charge in [-0.2, -0.15) is 0 Å². The van der Waals surface area contributed by atoms with E-state index < -0.39 is 0 Å². The Morgan fingerprint density at radius 2 is 2.29 bits per heavy atom. The summed E-state index contributed by atoms with van der Waals surface area (Å²) in [6, 6.07) is 4.57. The van der Waals surface area contributed by atoms with Gasteiger partial charge < -0.3 is 19.8 Å². The first-order chi connectivity index (χ1) is 11.8. The summed E-state index contributed by atoms with van der Waals surface area (Å²) < 4.78 is 10.5. The topological polar surface area (TPSA) is 58.8 Å². The first-order valence-corrected chi connectivity index (χ1v) is 9.41. The number of hydrogen-bond acceptors (Lipinski definition) is 3. The van der Waals surface area contributed by atoms with E-state index in [9.17, 15) is 0 Å². The van der Waals surface area contributed by atoms with Crippen LogP contribution in [-0.2, 0) is 11.2 Å². The second kappa shape index (κ2) is 9.11. The number of unbranched alkanes of at least 4 members (excludes halogenated alkanes) is 1. The summed E-state index contributed by atoms with van der Waals surface area (Å²) in [7, 11) is 1.75. The Hall–Kier alpha value is -1.49. The Labute approximate surface area is 145 Å². The van der Waals surface area contributed by atoms with Gasteiger partial charge in [-0.15, -0.1) is 0 Å². The van der Waals surface area contributed by atoms with Crippen molar-refractivity contribution in [2.24, 2.45) is 16.8 Å². The van der Waals surface area contributed by atoms with Gasteiger partial charge in [0.1, 0.15) is 5.76 Å². The van der Waals surface area contributed by atoms with Gasteiger partial charge in [-0.1, -0.05) is 6.42 Å². The maximum absolute atomic E-state index is 5.40. The lowest BCUT2D eigenvalue weighted by molar-refractivity contribution is 0.193. The number of furan rings is 1. The van der Waals surface area contributed by atoms with E-state index in [2.05, 4.69) is 10.6 Å². The van der Waals surface area contributed by atoms with Crippen LogP contribution in [0.25, 0.3) is 0 Å². The van der Waals surface area contributed by atoms with E-state index in [-0.39, 0.29) is 0 Å². The fourth-order valence-corrected chi connectivity index (χ4v) is 4.06. The van der Waals surface area contributed by atoms with Gasteiger partial charge in [0.25, 0.3) is 0 Å². The summed E-state index contributed by atoms with van der Waals surface area (Å²) in [6.07, 6.45) is 10.3. The van der Waals surface area contributed by atoms with Gasteiger partial charge in [-0.05, 0) is 56.1 Å². The molecule has 1 aromatic heterocycles. The largest absolute Gasteiger partial charge is 0.469 e. The Bertz CT molecular complexity index is 501. The predicted octanol–water partition coefficient (Wildman–Crippen LogP) is 2.97. The molecule has 3 atom stereocenters. The fraction of sp³-hybridized carbons (Fsp3) is 0.737. The lowest BCUT2D eigenvalue weighted by Gasteiger charge is -2.25. The Balaban J connectivity index is 1.46. The minimum absolute atomic E-state index is 0.609. The number of guanidine groups is 1.